The first-order chi connectivity index (χ1) is 28.2. The lowest BCUT2D eigenvalue weighted by Crippen LogP contribution is -2.47. The van der Waals surface area contributed by atoms with E-state index in [0.717, 1.165) is 57.6 Å². The van der Waals surface area contributed by atoms with Crippen molar-refractivity contribution in [2.75, 3.05) is 26.7 Å². The van der Waals surface area contributed by atoms with Gasteiger partial charge < -0.3 is 40.0 Å². The van der Waals surface area contributed by atoms with Crippen LogP contribution in [0.1, 0.15) is 65.0 Å². The Hall–Kier alpha value is -5.07. The van der Waals surface area contributed by atoms with Gasteiger partial charge in [0.2, 0.25) is 0 Å². The monoisotopic (exact) mass is 803 g/mol. The molecule has 4 atom stereocenters. The average molecular weight is 804 g/mol. The Morgan fingerprint density at radius 2 is 1.52 bits per heavy atom. The minimum Gasteiger partial charge on any atom is -0.467 e. The third-order valence-electron chi connectivity index (χ3n) is 11.1. The molecule has 7 rings (SSSR count). The number of methoxy groups -OCH3 is 1. The number of nitrogens with zero attached hydrogens (tertiary/aromatic N) is 1. The van der Waals surface area contributed by atoms with Gasteiger partial charge in [-0.3, -0.25) is 0 Å². The number of rotatable bonds is 13. The van der Waals surface area contributed by atoms with E-state index in [1.165, 1.54) is 7.11 Å². The summed E-state index contributed by atoms with van der Waals surface area (Å²) in [5, 5.41) is 27.4. The van der Waals surface area contributed by atoms with Gasteiger partial charge in [0.05, 0.1) is 31.5 Å². The number of carbonyl (C=O) groups excluding carboxylic acids is 2. The lowest BCUT2D eigenvalue weighted by molar-refractivity contribution is -0.253. The highest BCUT2D eigenvalue weighted by atomic mass is 35.5. The molecule has 11 heteroatoms. The lowest BCUT2D eigenvalue weighted by atomic mass is 9.84. The first kappa shape index (κ1) is 41.1. The van der Waals surface area contributed by atoms with Crippen LogP contribution in [0.2, 0.25) is 5.02 Å². The van der Waals surface area contributed by atoms with Gasteiger partial charge in [-0.25, -0.2) is 9.59 Å². The maximum absolute atomic E-state index is 12.9. The van der Waals surface area contributed by atoms with Crippen LogP contribution >= 0.6 is 11.6 Å². The zero-order chi connectivity index (χ0) is 40.5. The predicted molar refractivity (Wildman–Crippen MR) is 223 cm³/mol. The highest BCUT2D eigenvalue weighted by Crippen LogP contribution is 2.40. The molecule has 4 N–H and O–H groups in total. The Bertz CT molecular complexity index is 2130. The van der Waals surface area contributed by atoms with Crippen molar-refractivity contribution in [3.63, 3.8) is 0 Å². The number of ether oxygens (including phenoxy) is 3. The molecule has 0 saturated carbocycles. The molecule has 302 valence electrons. The molecular formula is C47H50ClN3O7. The second-order valence-corrected chi connectivity index (χ2v) is 15.5. The standard InChI is InChI=1S/C47H50ClN3O7/c1-56-44(53)42(26-32-7-3-2-4-8-32)50-46(54)49-29-34-9-5-10-36(25-34)37-11-6-12-38(27-37)45-57-41(28-43(58-45)35-15-13-33(31-52)14-16-35)30-51-23-21-47(55,22-24-51)39-17-19-40(48)20-18-39/h2-20,25,27,41-43,45,52,55H,21-24,26,28-31H2,1H3,(H2,49,50,54)/t41-,42+,43+,45+/m1/s1. The maximum atomic E-state index is 12.9. The molecule has 0 aromatic heterocycles. The number of carbonyl (C=O) groups is 2. The summed E-state index contributed by atoms with van der Waals surface area (Å²) >= 11 is 6.11. The van der Waals surface area contributed by atoms with Gasteiger partial charge >= 0.3 is 12.0 Å². The molecule has 2 heterocycles. The van der Waals surface area contributed by atoms with Crippen molar-refractivity contribution in [3.8, 4) is 11.1 Å². The summed E-state index contributed by atoms with van der Waals surface area (Å²) in [6.07, 6.45) is 1.17. The number of aliphatic hydroxyl groups excluding tert-OH is 1. The minimum atomic E-state index is -0.895. The number of nitrogens with one attached hydrogen (secondary N) is 2. The topological polar surface area (TPSA) is 130 Å². The molecule has 0 radical (unpaired) electrons. The van der Waals surface area contributed by atoms with E-state index in [4.69, 9.17) is 25.8 Å². The van der Waals surface area contributed by atoms with E-state index >= 15 is 0 Å². The van der Waals surface area contributed by atoms with Crippen molar-refractivity contribution in [2.24, 2.45) is 0 Å². The number of hydrogen-bond donors (Lipinski definition) is 4. The summed E-state index contributed by atoms with van der Waals surface area (Å²) in [5.74, 6) is -0.515. The fourth-order valence-electron chi connectivity index (χ4n) is 7.78. The van der Waals surface area contributed by atoms with Gasteiger partial charge in [0.15, 0.2) is 6.29 Å². The van der Waals surface area contributed by atoms with Gasteiger partial charge in [-0.15, -0.1) is 0 Å². The second-order valence-electron chi connectivity index (χ2n) is 15.1. The highest BCUT2D eigenvalue weighted by Gasteiger charge is 2.37. The normalized spacial score (nSPS) is 19.8. The summed E-state index contributed by atoms with van der Waals surface area (Å²) in [4.78, 5) is 27.8. The fraction of sp³-hybridized carbons (Fsp3) is 0.319. The number of piperidine rings is 1. The first-order valence-corrected chi connectivity index (χ1v) is 20.1. The van der Waals surface area contributed by atoms with Gasteiger partial charge in [-0.05, 0) is 76.1 Å². The number of hydrogen-bond acceptors (Lipinski definition) is 8. The Morgan fingerprint density at radius 1 is 0.828 bits per heavy atom. The van der Waals surface area contributed by atoms with Gasteiger partial charge in [0.1, 0.15) is 6.04 Å². The third kappa shape index (κ3) is 10.5. The Labute approximate surface area is 344 Å². The molecule has 2 aliphatic heterocycles. The number of esters is 1. The lowest BCUT2D eigenvalue weighted by Gasteiger charge is -2.42. The fourth-order valence-corrected chi connectivity index (χ4v) is 7.90. The molecule has 58 heavy (non-hydrogen) atoms. The van der Waals surface area contributed by atoms with E-state index < -0.39 is 29.9 Å². The number of urea groups is 1. The van der Waals surface area contributed by atoms with Crippen molar-refractivity contribution >= 4 is 23.6 Å². The van der Waals surface area contributed by atoms with E-state index in [1.54, 1.807) is 0 Å². The molecule has 2 fully saturated rings. The smallest absolute Gasteiger partial charge is 0.328 e. The van der Waals surface area contributed by atoms with E-state index in [9.17, 15) is 19.8 Å². The number of benzene rings is 5. The van der Waals surface area contributed by atoms with Crippen molar-refractivity contribution in [3.05, 3.63) is 166 Å². The molecular weight excluding hydrogens is 754 g/mol. The van der Waals surface area contributed by atoms with Crippen LogP contribution in [0.25, 0.3) is 11.1 Å². The largest absolute Gasteiger partial charge is 0.467 e. The SMILES string of the molecule is COC(=O)[C@H](Cc1ccccc1)NC(=O)NCc1cccc(-c2cccc([C@H]3O[C@@H](CN4CCC(O)(c5ccc(Cl)cc5)CC4)C[C@@H](c4ccc(CO)cc4)O3)c2)c1. The van der Waals surface area contributed by atoms with Crippen molar-refractivity contribution in [2.45, 2.75) is 69.0 Å². The minimum absolute atomic E-state index is 0.0284. The zero-order valence-electron chi connectivity index (χ0n) is 32.6. The third-order valence-corrected chi connectivity index (χ3v) is 11.3. The number of aliphatic hydroxyl groups is 2. The molecule has 2 aliphatic rings. The van der Waals surface area contributed by atoms with Crippen LogP contribution < -0.4 is 10.6 Å². The van der Waals surface area contributed by atoms with Gasteiger partial charge in [-0.1, -0.05) is 115 Å². The van der Waals surface area contributed by atoms with Gasteiger partial charge in [0, 0.05) is 49.6 Å². The van der Waals surface area contributed by atoms with E-state index in [1.807, 2.05) is 121 Å². The summed E-state index contributed by atoms with van der Waals surface area (Å²) in [6.45, 7) is 2.36. The Balaban J connectivity index is 1.02. The molecule has 2 saturated heterocycles. The molecule has 10 nitrogen and oxygen atoms in total. The van der Waals surface area contributed by atoms with Gasteiger partial charge in [0.25, 0.3) is 0 Å². The maximum Gasteiger partial charge on any atom is 0.328 e. The van der Waals surface area contributed by atoms with Crippen molar-refractivity contribution in [1.82, 2.24) is 15.5 Å². The molecule has 0 aliphatic carbocycles. The van der Waals surface area contributed by atoms with Crippen molar-refractivity contribution in [1.29, 1.82) is 0 Å². The van der Waals surface area contributed by atoms with E-state index in [2.05, 4.69) is 21.6 Å². The van der Waals surface area contributed by atoms with E-state index in [-0.39, 0.29) is 25.4 Å². The Morgan fingerprint density at radius 3 is 2.22 bits per heavy atom. The van der Waals surface area contributed by atoms with Crippen LogP contribution in [0, 0.1) is 0 Å². The quantitative estimate of drug-likeness (QED) is 0.0896. The molecule has 5 aromatic rings. The van der Waals surface area contributed by atoms with Crippen LogP contribution in [-0.2, 0) is 44.2 Å². The summed E-state index contributed by atoms with van der Waals surface area (Å²) in [5.41, 5.74) is 6.45. The molecule has 0 spiro atoms. The van der Waals surface area contributed by atoms with Crippen LogP contribution in [0.4, 0.5) is 4.79 Å². The van der Waals surface area contributed by atoms with Gasteiger partial charge in [-0.2, -0.15) is 0 Å². The average Bonchev–Trinajstić information content (AvgIpc) is 3.26. The number of amides is 2. The molecule has 2 amide bonds. The van der Waals surface area contributed by atoms with Crippen molar-refractivity contribution < 1.29 is 34.0 Å². The van der Waals surface area contributed by atoms with Crippen LogP contribution in [0.15, 0.2) is 127 Å². The summed E-state index contributed by atoms with van der Waals surface area (Å²) in [6, 6.07) is 39.6. The predicted octanol–water partition coefficient (Wildman–Crippen LogP) is 7.61. The van der Waals surface area contributed by atoms with Crippen LogP contribution in [0.3, 0.4) is 0 Å². The highest BCUT2D eigenvalue weighted by molar-refractivity contribution is 6.30. The molecule has 5 aromatic carbocycles. The van der Waals surface area contributed by atoms with Crippen LogP contribution in [-0.4, -0.2) is 66.0 Å². The van der Waals surface area contributed by atoms with Crippen LogP contribution in [0.5, 0.6) is 0 Å². The molecule has 0 unspecified atom stereocenters. The second kappa shape index (κ2) is 19.1. The Kier molecular flexibility index (Phi) is 13.6. The number of likely N-dealkylation sites (tertiary alicyclic amines) is 1. The summed E-state index contributed by atoms with van der Waals surface area (Å²) < 4.78 is 18.4. The first-order valence-electron chi connectivity index (χ1n) is 19.7. The van der Waals surface area contributed by atoms with E-state index in [0.29, 0.717) is 37.3 Å². The zero-order valence-corrected chi connectivity index (χ0v) is 33.3. The summed E-state index contributed by atoms with van der Waals surface area (Å²) in [7, 11) is 1.31. The molecule has 0 bridgehead atoms. The number of halogens is 1.